The van der Waals surface area contributed by atoms with E-state index in [0.29, 0.717) is 6.42 Å². The summed E-state index contributed by atoms with van der Waals surface area (Å²) in [7, 11) is -3.01. The van der Waals surface area contributed by atoms with E-state index in [2.05, 4.69) is 16.7 Å². The predicted molar refractivity (Wildman–Crippen MR) is 91.4 cm³/mol. The number of hydrogen-bond donors (Lipinski definition) is 2. The Labute approximate surface area is 137 Å². The number of benzene rings is 1. The van der Waals surface area contributed by atoms with E-state index in [0.717, 1.165) is 18.5 Å². The second-order valence-corrected chi connectivity index (χ2v) is 9.14. The average Bonchev–Trinajstić information content (AvgIpc) is 2.78. The summed E-state index contributed by atoms with van der Waals surface area (Å²) in [4.78, 5) is 12.2. The van der Waals surface area contributed by atoms with Crippen LogP contribution in [0.25, 0.3) is 0 Å². The molecule has 1 heterocycles. The lowest BCUT2D eigenvalue weighted by Crippen LogP contribution is -2.48. The Kier molecular flexibility index (Phi) is 4.36. The van der Waals surface area contributed by atoms with Crippen LogP contribution in [0, 0.1) is 0 Å². The van der Waals surface area contributed by atoms with Crippen molar-refractivity contribution < 1.29 is 13.2 Å². The van der Waals surface area contributed by atoms with E-state index in [9.17, 15) is 13.2 Å². The number of amides is 1. The standard InChI is InChI=1S/C17H24N2O3S/c1-17(9-10-23(21,22)12-17)19-16(20)11-18-15-8-4-6-13-5-2-3-7-14(13)15/h4,6,8,18H,2-3,5,7,9-12H2,1H3,(H,19,20)/t17-/m1/s1. The molecule has 0 bridgehead atoms. The van der Waals surface area contributed by atoms with Gasteiger partial charge in [0, 0.05) is 5.69 Å². The van der Waals surface area contributed by atoms with Crippen molar-refractivity contribution in [2.24, 2.45) is 0 Å². The summed E-state index contributed by atoms with van der Waals surface area (Å²) in [5.41, 5.74) is 3.09. The largest absolute Gasteiger partial charge is 0.376 e. The Balaban J connectivity index is 1.60. The first-order valence-electron chi connectivity index (χ1n) is 8.23. The van der Waals surface area contributed by atoms with Crippen molar-refractivity contribution in [1.29, 1.82) is 0 Å². The Morgan fingerprint density at radius 3 is 2.78 bits per heavy atom. The Morgan fingerprint density at radius 1 is 1.26 bits per heavy atom. The fourth-order valence-corrected chi connectivity index (χ4v) is 5.71. The number of anilines is 1. The van der Waals surface area contributed by atoms with Crippen LogP contribution in [0.1, 0.15) is 37.3 Å². The quantitative estimate of drug-likeness (QED) is 0.877. The van der Waals surface area contributed by atoms with Crippen molar-refractivity contribution in [2.75, 3.05) is 23.4 Å². The van der Waals surface area contributed by atoms with Crippen molar-refractivity contribution in [3.05, 3.63) is 29.3 Å². The first-order chi connectivity index (χ1) is 10.9. The number of sulfone groups is 1. The lowest BCUT2D eigenvalue weighted by Gasteiger charge is -2.25. The van der Waals surface area contributed by atoms with Crippen LogP contribution < -0.4 is 10.6 Å². The maximum absolute atomic E-state index is 12.2. The normalized spacial score (nSPS) is 25.6. The van der Waals surface area contributed by atoms with Crippen molar-refractivity contribution in [2.45, 2.75) is 44.6 Å². The third-order valence-corrected chi connectivity index (χ3v) is 6.68. The summed E-state index contributed by atoms with van der Waals surface area (Å²) in [5.74, 6) is 0.0357. The van der Waals surface area contributed by atoms with E-state index < -0.39 is 15.4 Å². The summed E-state index contributed by atoms with van der Waals surface area (Å²) < 4.78 is 23.2. The highest BCUT2D eigenvalue weighted by Gasteiger charge is 2.39. The molecule has 3 rings (SSSR count). The van der Waals surface area contributed by atoms with Gasteiger partial charge in [-0.15, -0.1) is 0 Å². The lowest BCUT2D eigenvalue weighted by atomic mass is 9.90. The second kappa shape index (κ2) is 6.15. The molecule has 1 atom stereocenters. The summed E-state index contributed by atoms with van der Waals surface area (Å²) in [6.45, 7) is 1.98. The lowest BCUT2D eigenvalue weighted by molar-refractivity contribution is -0.120. The molecule has 1 aromatic rings. The van der Waals surface area contributed by atoms with Gasteiger partial charge in [0.1, 0.15) is 0 Å². The van der Waals surface area contributed by atoms with E-state index in [1.165, 1.54) is 24.0 Å². The minimum Gasteiger partial charge on any atom is -0.376 e. The van der Waals surface area contributed by atoms with Gasteiger partial charge < -0.3 is 10.6 Å². The molecule has 1 fully saturated rings. The molecule has 6 heteroatoms. The highest BCUT2D eigenvalue weighted by atomic mass is 32.2. The number of rotatable bonds is 4. The molecule has 5 nitrogen and oxygen atoms in total. The van der Waals surface area contributed by atoms with Crippen molar-refractivity contribution in [3.63, 3.8) is 0 Å². The van der Waals surface area contributed by atoms with E-state index in [4.69, 9.17) is 0 Å². The number of nitrogens with one attached hydrogen (secondary N) is 2. The fraction of sp³-hybridized carbons (Fsp3) is 0.588. The van der Waals surface area contributed by atoms with Crippen LogP contribution in [0.15, 0.2) is 18.2 Å². The SMILES string of the molecule is C[C@@]1(NC(=O)CNc2cccc3c2CCCC3)CCS(=O)(=O)C1. The number of carbonyl (C=O) groups is 1. The third kappa shape index (κ3) is 3.86. The van der Waals surface area contributed by atoms with E-state index in [-0.39, 0.29) is 24.0 Å². The molecule has 1 aromatic carbocycles. The van der Waals surface area contributed by atoms with Gasteiger partial charge in [0.25, 0.3) is 0 Å². The molecule has 2 aliphatic rings. The maximum Gasteiger partial charge on any atom is 0.239 e. The van der Waals surface area contributed by atoms with Crippen LogP contribution in [0.5, 0.6) is 0 Å². The highest BCUT2D eigenvalue weighted by molar-refractivity contribution is 7.91. The topological polar surface area (TPSA) is 75.3 Å². The summed E-state index contributed by atoms with van der Waals surface area (Å²) in [6, 6.07) is 6.19. The van der Waals surface area contributed by atoms with E-state index >= 15 is 0 Å². The van der Waals surface area contributed by atoms with Gasteiger partial charge >= 0.3 is 0 Å². The van der Waals surface area contributed by atoms with Gasteiger partial charge in [0.2, 0.25) is 5.91 Å². The molecule has 0 radical (unpaired) electrons. The van der Waals surface area contributed by atoms with Crippen LogP contribution in [0.2, 0.25) is 0 Å². The fourth-order valence-electron chi connectivity index (χ4n) is 3.61. The minimum absolute atomic E-state index is 0.0342. The van der Waals surface area contributed by atoms with Gasteiger partial charge in [-0.3, -0.25) is 4.79 Å². The summed E-state index contributed by atoms with van der Waals surface area (Å²) in [5, 5.41) is 6.10. The van der Waals surface area contributed by atoms with E-state index in [1.54, 1.807) is 6.92 Å². The summed E-state index contributed by atoms with van der Waals surface area (Å²) >= 11 is 0. The molecule has 1 saturated heterocycles. The molecule has 0 unspecified atom stereocenters. The number of hydrogen-bond acceptors (Lipinski definition) is 4. The Hall–Kier alpha value is -1.56. The number of fused-ring (bicyclic) bond motifs is 1. The first kappa shape index (κ1) is 16.3. The zero-order valence-electron chi connectivity index (χ0n) is 13.5. The maximum atomic E-state index is 12.2. The molecule has 1 aliphatic heterocycles. The highest BCUT2D eigenvalue weighted by Crippen LogP contribution is 2.28. The minimum atomic E-state index is -3.01. The zero-order chi connectivity index (χ0) is 16.5. The third-order valence-electron chi connectivity index (χ3n) is 4.78. The molecule has 0 aromatic heterocycles. The van der Waals surface area contributed by atoms with Crippen LogP contribution >= 0.6 is 0 Å². The molecular formula is C17H24N2O3S. The monoisotopic (exact) mass is 336 g/mol. The second-order valence-electron chi connectivity index (χ2n) is 6.95. The van der Waals surface area contributed by atoms with Crippen LogP contribution in [0.4, 0.5) is 5.69 Å². The van der Waals surface area contributed by atoms with Gasteiger partial charge in [-0.2, -0.15) is 0 Å². The smallest absolute Gasteiger partial charge is 0.239 e. The van der Waals surface area contributed by atoms with Crippen molar-refractivity contribution in [1.82, 2.24) is 5.32 Å². The molecule has 0 spiro atoms. The van der Waals surface area contributed by atoms with Crippen molar-refractivity contribution >= 4 is 21.4 Å². The van der Waals surface area contributed by atoms with E-state index in [1.807, 2.05) is 12.1 Å². The molecule has 126 valence electrons. The van der Waals surface area contributed by atoms with Gasteiger partial charge in [0.05, 0.1) is 23.6 Å². The number of carbonyl (C=O) groups excluding carboxylic acids is 1. The molecule has 0 saturated carbocycles. The molecular weight excluding hydrogens is 312 g/mol. The first-order valence-corrected chi connectivity index (χ1v) is 10.1. The van der Waals surface area contributed by atoms with Gasteiger partial charge in [-0.05, 0) is 56.2 Å². The van der Waals surface area contributed by atoms with Gasteiger partial charge in [-0.25, -0.2) is 8.42 Å². The molecule has 2 N–H and O–H groups in total. The van der Waals surface area contributed by atoms with Crippen molar-refractivity contribution in [3.8, 4) is 0 Å². The molecule has 1 aliphatic carbocycles. The zero-order valence-corrected chi connectivity index (χ0v) is 14.3. The summed E-state index contributed by atoms with van der Waals surface area (Å²) in [6.07, 6.45) is 5.06. The van der Waals surface area contributed by atoms with Gasteiger partial charge in [-0.1, -0.05) is 12.1 Å². The number of aryl methyl sites for hydroxylation is 1. The molecule has 1 amide bonds. The Bertz CT molecular complexity index is 715. The van der Waals surface area contributed by atoms with Crippen LogP contribution in [-0.2, 0) is 27.5 Å². The van der Waals surface area contributed by atoms with Gasteiger partial charge in [0.15, 0.2) is 9.84 Å². The van der Waals surface area contributed by atoms with Crippen LogP contribution in [-0.4, -0.2) is 37.9 Å². The van der Waals surface area contributed by atoms with Crippen LogP contribution in [0.3, 0.4) is 0 Å². The average molecular weight is 336 g/mol. The Morgan fingerprint density at radius 2 is 2.04 bits per heavy atom. The molecule has 23 heavy (non-hydrogen) atoms. The predicted octanol–water partition coefficient (Wildman–Crippen LogP) is 1.67.